The zero-order valence-electron chi connectivity index (χ0n) is 13.5. The zero-order chi connectivity index (χ0) is 16.1. The fraction of sp³-hybridized carbons (Fsp3) is 0.389. The number of nitrogens with zero attached hydrogens (tertiary/aromatic N) is 1. The van der Waals surface area contributed by atoms with E-state index in [1.165, 1.54) is 0 Å². The van der Waals surface area contributed by atoms with Crippen LogP contribution in [0.2, 0.25) is 0 Å². The molecule has 0 saturated carbocycles. The van der Waals surface area contributed by atoms with E-state index in [0.717, 1.165) is 11.3 Å². The Morgan fingerprint density at radius 1 is 1.14 bits per heavy atom. The van der Waals surface area contributed by atoms with E-state index in [9.17, 15) is 4.79 Å². The van der Waals surface area contributed by atoms with Gasteiger partial charge in [0.15, 0.2) is 0 Å². The molecule has 0 aliphatic heterocycles. The lowest BCUT2D eigenvalue weighted by atomic mass is 9.99. The first kappa shape index (κ1) is 16.5. The quantitative estimate of drug-likeness (QED) is 0.892. The number of rotatable bonds is 6. The highest BCUT2D eigenvalue weighted by molar-refractivity contribution is 5.31. The van der Waals surface area contributed by atoms with Gasteiger partial charge in [0.1, 0.15) is 0 Å². The number of methoxy groups -OCH3 is 1. The molecule has 2 rings (SSSR count). The summed E-state index contributed by atoms with van der Waals surface area (Å²) < 4.78 is 6.91. The summed E-state index contributed by atoms with van der Waals surface area (Å²) in [6.45, 7) is 5.20. The maximum absolute atomic E-state index is 12.8. The first-order valence-corrected chi connectivity index (χ1v) is 7.59. The smallest absolute Gasteiger partial charge is 0.255 e. The summed E-state index contributed by atoms with van der Waals surface area (Å²) in [5.74, 6) is 0.270. The van der Waals surface area contributed by atoms with Gasteiger partial charge in [-0.15, -0.1) is 0 Å². The number of ether oxygens (including phenoxy) is 1. The molecule has 0 bridgehead atoms. The van der Waals surface area contributed by atoms with Crippen LogP contribution in [0, 0.1) is 0 Å². The van der Waals surface area contributed by atoms with E-state index >= 15 is 0 Å². The molecule has 1 atom stereocenters. The van der Waals surface area contributed by atoms with Crippen molar-refractivity contribution in [1.29, 1.82) is 0 Å². The highest BCUT2D eigenvalue weighted by atomic mass is 16.5. The van der Waals surface area contributed by atoms with E-state index in [1.54, 1.807) is 11.7 Å². The Balaban J connectivity index is 2.47. The van der Waals surface area contributed by atoms with Gasteiger partial charge < -0.3 is 15.0 Å². The monoisotopic (exact) mass is 300 g/mol. The van der Waals surface area contributed by atoms with Crippen LogP contribution < -0.4 is 11.3 Å². The molecule has 0 saturated heterocycles. The molecule has 0 aliphatic rings. The lowest BCUT2D eigenvalue weighted by Gasteiger charge is -2.19. The number of pyridine rings is 1. The molecule has 2 aromatic rings. The second-order valence-electron chi connectivity index (χ2n) is 5.71. The summed E-state index contributed by atoms with van der Waals surface area (Å²) in [6, 6.07) is 13.1. The molecule has 1 aromatic heterocycles. The number of aromatic nitrogens is 1. The van der Waals surface area contributed by atoms with Crippen molar-refractivity contribution in [3.05, 3.63) is 69.6 Å². The van der Waals surface area contributed by atoms with Crippen LogP contribution in [0.3, 0.4) is 0 Å². The molecule has 0 aliphatic carbocycles. The minimum atomic E-state index is -0.413. The molecule has 4 nitrogen and oxygen atoms in total. The van der Waals surface area contributed by atoms with Crippen LogP contribution in [0.15, 0.2) is 47.3 Å². The Kier molecular flexibility index (Phi) is 5.52. The van der Waals surface area contributed by atoms with Gasteiger partial charge in [0.05, 0.1) is 12.6 Å². The lowest BCUT2D eigenvalue weighted by Crippen LogP contribution is -2.32. The molecule has 1 aromatic carbocycles. The fourth-order valence-corrected chi connectivity index (χ4v) is 2.60. The van der Waals surface area contributed by atoms with Crippen LogP contribution >= 0.6 is 0 Å². The van der Waals surface area contributed by atoms with Gasteiger partial charge in [-0.25, -0.2) is 0 Å². The van der Waals surface area contributed by atoms with Gasteiger partial charge in [-0.3, -0.25) is 4.79 Å². The topological polar surface area (TPSA) is 57.2 Å². The van der Waals surface area contributed by atoms with Gasteiger partial charge in [0.2, 0.25) is 0 Å². The molecule has 1 unspecified atom stereocenters. The highest BCUT2D eigenvalue weighted by Gasteiger charge is 2.17. The second-order valence-corrected chi connectivity index (χ2v) is 5.71. The fourth-order valence-electron chi connectivity index (χ4n) is 2.60. The van der Waals surface area contributed by atoms with Gasteiger partial charge >= 0.3 is 0 Å². The number of benzene rings is 1. The lowest BCUT2D eigenvalue weighted by molar-refractivity contribution is 0.185. The van der Waals surface area contributed by atoms with Gasteiger partial charge in [-0.1, -0.05) is 44.2 Å². The summed E-state index contributed by atoms with van der Waals surface area (Å²) in [6.07, 6.45) is 0. The van der Waals surface area contributed by atoms with Gasteiger partial charge in [-0.05, 0) is 23.6 Å². The van der Waals surface area contributed by atoms with E-state index in [4.69, 9.17) is 10.5 Å². The molecule has 2 N–H and O–H groups in total. The summed E-state index contributed by atoms with van der Waals surface area (Å²) >= 11 is 0. The summed E-state index contributed by atoms with van der Waals surface area (Å²) in [5, 5.41) is 0. The van der Waals surface area contributed by atoms with Gasteiger partial charge in [-0.2, -0.15) is 0 Å². The van der Waals surface area contributed by atoms with Crippen molar-refractivity contribution < 1.29 is 4.74 Å². The summed E-state index contributed by atoms with van der Waals surface area (Å²) in [4.78, 5) is 12.8. The third kappa shape index (κ3) is 3.46. The first-order valence-electron chi connectivity index (χ1n) is 7.59. The van der Waals surface area contributed by atoms with Crippen LogP contribution in [0.5, 0.6) is 0 Å². The molecule has 0 fully saturated rings. The summed E-state index contributed by atoms with van der Waals surface area (Å²) in [7, 11) is 1.64. The zero-order valence-corrected chi connectivity index (χ0v) is 13.5. The maximum atomic E-state index is 12.8. The van der Waals surface area contributed by atoms with E-state index in [2.05, 4.69) is 13.8 Å². The predicted molar refractivity (Wildman–Crippen MR) is 89.1 cm³/mol. The van der Waals surface area contributed by atoms with Crippen molar-refractivity contribution in [2.45, 2.75) is 32.4 Å². The van der Waals surface area contributed by atoms with E-state index < -0.39 is 6.04 Å². The van der Waals surface area contributed by atoms with Crippen LogP contribution in [0.25, 0.3) is 0 Å². The van der Waals surface area contributed by atoms with E-state index in [1.807, 2.05) is 42.5 Å². The number of nitrogens with two attached hydrogens (primary N) is 1. The molecular weight excluding hydrogens is 276 g/mol. The summed E-state index contributed by atoms with van der Waals surface area (Å²) in [5.41, 5.74) is 8.83. The standard InChI is InChI=1S/C18H24N2O2/c1-13(2)16-10-9-15(18(21)20(16)11-12-22-3)17(19)14-7-5-4-6-8-14/h4-10,13,17H,11-12,19H2,1-3H3. The van der Waals surface area contributed by atoms with Gasteiger partial charge in [0, 0.05) is 24.9 Å². The van der Waals surface area contributed by atoms with Crippen molar-refractivity contribution in [1.82, 2.24) is 4.57 Å². The molecule has 118 valence electrons. The third-order valence-corrected chi connectivity index (χ3v) is 3.84. The van der Waals surface area contributed by atoms with Crippen molar-refractivity contribution in [3.8, 4) is 0 Å². The molecule has 22 heavy (non-hydrogen) atoms. The largest absolute Gasteiger partial charge is 0.383 e. The Morgan fingerprint density at radius 3 is 2.41 bits per heavy atom. The average Bonchev–Trinajstić information content (AvgIpc) is 2.53. The molecule has 0 radical (unpaired) electrons. The minimum Gasteiger partial charge on any atom is -0.383 e. The van der Waals surface area contributed by atoms with E-state index in [0.29, 0.717) is 18.7 Å². The highest BCUT2D eigenvalue weighted by Crippen LogP contribution is 2.19. The van der Waals surface area contributed by atoms with Crippen LogP contribution in [0.4, 0.5) is 0 Å². The van der Waals surface area contributed by atoms with Crippen LogP contribution in [-0.4, -0.2) is 18.3 Å². The Morgan fingerprint density at radius 2 is 1.82 bits per heavy atom. The van der Waals surface area contributed by atoms with Crippen molar-refractivity contribution in [3.63, 3.8) is 0 Å². The predicted octanol–water partition coefficient (Wildman–Crippen LogP) is 2.67. The van der Waals surface area contributed by atoms with E-state index in [-0.39, 0.29) is 11.5 Å². The van der Waals surface area contributed by atoms with Crippen LogP contribution in [0.1, 0.15) is 42.6 Å². The van der Waals surface area contributed by atoms with Crippen molar-refractivity contribution in [2.75, 3.05) is 13.7 Å². The number of hydrogen-bond donors (Lipinski definition) is 1. The SMILES string of the molecule is COCCn1c(C(C)C)ccc(C(N)c2ccccc2)c1=O. The third-order valence-electron chi connectivity index (χ3n) is 3.84. The van der Waals surface area contributed by atoms with Crippen molar-refractivity contribution in [2.24, 2.45) is 5.73 Å². The van der Waals surface area contributed by atoms with Crippen LogP contribution in [-0.2, 0) is 11.3 Å². The average molecular weight is 300 g/mol. The normalized spacial score (nSPS) is 12.6. The Labute approximate surface area is 131 Å². The minimum absolute atomic E-state index is 0.0281. The molecule has 0 amide bonds. The molecular formula is C18H24N2O2. The molecule has 4 heteroatoms. The number of hydrogen-bond acceptors (Lipinski definition) is 3. The first-order chi connectivity index (χ1) is 10.6. The Bertz CT molecular complexity index is 663. The van der Waals surface area contributed by atoms with Crippen molar-refractivity contribution >= 4 is 0 Å². The van der Waals surface area contributed by atoms with Gasteiger partial charge in [0.25, 0.3) is 5.56 Å². The Hall–Kier alpha value is -1.91. The maximum Gasteiger partial charge on any atom is 0.255 e. The second kappa shape index (κ2) is 7.38. The molecule has 0 spiro atoms. The molecule has 1 heterocycles.